The Balaban J connectivity index is -0.000000680. The Kier molecular flexibility index (Phi) is 52.6. The van der Waals surface area contributed by atoms with Crippen LogP contribution >= 0.6 is 0 Å². The van der Waals surface area contributed by atoms with Crippen LogP contribution in [-0.4, -0.2) is 33.1 Å². The van der Waals surface area contributed by atoms with Crippen LogP contribution in [0.3, 0.4) is 0 Å². The Morgan fingerprint density at radius 2 is 0.511 bits per heavy atom. The van der Waals surface area contributed by atoms with Gasteiger partial charge in [-0.1, -0.05) is 194 Å². The molecule has 0 aromatic heterocycles. The van der Waals surface area contributed by atoms with E-state index in [2.05, 4.69) is 27.7 Å². The standard InChI is InChI=1S/2C18H36O2.2C2H5.Sn/c2*1-2-3-4-5-6-7-8-9-10-11-12-13-14-15-16-17-18(19)20;2*1-2;/h2*2-17H2,1H3,(H,19,20);2*1H2,2H3;/q;;;;+2/p-2. The van der Waals surface area contributed by atoms with E-state index in [1.165, 1.54) is 176 Å². The van der Waals surface area contributed by atoms with Crippen molar-refractivity contribution in [1.82, 2.24) is 0 Å². The number of carbonyl (C=O) groups excluding carboxylic acids is 2. The van der Waals surface area contributed by atoms with Gasteiger partial charge in [0, 0.05) is 11.9 Å². The monoisotopic (exact) mass is 745 g/mol. The fraction of sp³-hybridized carbons (Fsp3) is 0.950. The molecular formula is C40H80O4Sn. The summed E-state index contributed by atoms with van der Waals surface area (Å²) in [5.41, 5.74) is 0. The Hall–Kier alpha value is -0.261. The minimum atomic E-state index is -0.903. The molecule has 0 saturated carbocycles. The van der Waals surface area contributed by atoms with Crippen molar-refractivity contribution < 1.29 is 19.8 Å². The molecule has 45 heavy (non-hydrogen) atoms. The van der Waals surface area contributed by atoms with Gasteiger partial charge in [0.2, 0.25) is 0 Å². The number of carboxylic acid groups (broad SMARTS) is 2. The van der Waals surface area contributed by atoms with Crippen molar-refractivity contribution in [3.05, 3.63) is 0 Å². The normalized spacial score (nSPS) is 10.4. The molecule has 0 N–H and O–H groups in total. The molecule has 0 atom stereocenters. The van der Waals surface area contributed by atoms with Crippen LogP contribution in [0.4, 0.5) is 0 Å². The number of carbonyl (C=O) groups is 2. The molecule has 0 rings (SSSR count). The average Bonchev–Trinajstić information content (AvgIpc) is 3.02. The molecular weight excluding hydrogens is 663 g/mol. The number of rotatable bonds is 34. The van der Waals surface area contributed by atoms with Crippen LogP contribution in [0, 0.1) is 0 Å². The van der Waals surface area contributed by atoms with Gasteiger partial charge in [-0.2, -0.15) is 0 Å². The van der Waals surface area contributed by atoms with Crippen molar-refractivity contribution in [3.8, 4) is 0 Å². The number of carboxylic acids is 2. The first-order valence-electron chi connectivity index (χ1n) is 20.1. The summed E-state index contributed by atoms with van der Waals surface area (Å²) < 4.78 is 3.03. The molecule has 4 nitrogen and oxygen atoms in total. The molecule has 268 valence electrons. The molecule has 0 aliphatic heterocycles. The zero-order valence-electron chi connectivity index (χ0n) is 31.2. The van der Waals surface area contributed by atoms with Crippen LogP contribution in [0.5, 0.6) is 0 Å². The first kappa shape index (κ1) is 49.1. The summed E-state index contributed by atoms with van der Waals surface area (Å²) in [5.74, 6) is -1.81. The predicted octanol–water partition coefficient (Wildman–Crippen LogP) is 11.6. The van der Waals surface area contributed by atoms with Crippen molar-refractivity contribution >= 4 is 33.1 Å². The minimum absolute atomic E-state index is 0.218. The Morgan fingerprint density at radius 1 is 0.333 bits per heavy atom. The summed E-state index contributed by atoms with van der Waals surface area (Å²) in [6, 6.07) is 0. The molecule has 0 unspecified atom stereocenters. The summed E-state index contributed by atoms with van der Waals surface area (Å²) in [7, 11) is 0. The Morgan fingerprint density at radius 3 is 0.644 bits per heavy atom. The summed E-state index contributed by atoms with van der Waals surface area (Å²) >= 11 is 0.218. The SMILES string of the molecule is CCCCCCCCCCCCCCCCCC(=O)[O-].CCCCCCCCCCCCCCCCCC(=O)[O-].C[CH2][Sn+2][CH2]C. The van der Waals surface area contributed by atoms with E-state index < -0.39 is 11.9 Å². The van der Waals surface area contributed by atoms with E-state index in [0.717, 1.165) is 25.7 Å². The molecule has 5 heteroatoms. The van der Waals surface area contributed by atoms with Gasteiger partial charge in [-0.05, 0) is 25.7 Å². The van der Waals surface area contributed by atoms with Gasteiger partial charge in [0.25, 0.3) is 0 Å². The zero-order chi connectivity index (χ0) is 33.9. The van der Waals surface area contributed by atoms with Crippen LogP contribution in [0.1, 0.15) is 233 Å². The van der Waals surface area contributed by atoms with Crippen molar-refractivity contribution in [2.24, 2.45) is 0 Å². The molecule has 0 saturated heterocycles. The van der Waals surface area contributed by atoms with Gasteiger partial charge in [0.05, 0.1) is 0 Å². The van der Waals surface area contributed by atoms with E-state index in [-0.39, 0.29) is 34.0 Å². The molecule has 0 aliphatic rings. The van der Waals surface area contributed by atoms with Crippen molar-refractivity contribution in [2.75, 3.05) is 0 Å². The van der Waals surface area contributed by atoms with Crippen LogP contribution in [0.2, 0.25) is 8.87 Å². The van der Waals surface area contributed by atoms with Gasteiger partial charge in [0.15, 0.2) is 0 Å². The molecule has 0 aromatic carbocycles. The van der Waals surface area contributed by atoms with Crippen LogP contribution in [0.25, 0.3) is 0 Å². The average molecular weight is 744 g/mol. The number of hydrogen-bond donors (Lipinski definition) is 0. The third-order valence-corrected chi connectivity index (χ3v) is 11.3. The summed E-state index contributed by atoms with van der Waals surface area (Å²) in [5, 5.41) is 20.4. The molecule has 0 spiro atoms. The number of hydrogen-bond acceptors (Lipinski definition) is 4. The maximum absolute atomic E-state index is 10.2. The summed E-state index contributed by atoms with van der Waals surface area (Å²) in [6.07, 6.45) is 39.7. The quantitative estimate of drug-likeness (QED) is 0.0485. The van der Waals surface area contributed by atoms with E-state index in [1.807, 2.05) is 0 Å². The van der Waals surface area contributed by atoms with Crippen molar-refractivity contribution in [1.29, 1.82) is 0 Å². The second kappa shape index (κ2) is 48.1. The first-order valence-corrected chi connectivity index (χ1v) is 24.1. The second-order valence-corrected chi connectivity index (χ2v) is 18.6. The van der Waals surface area contributed by atoms with Crippen LogP contribution in [0.15, 0.2) is 0 Å². The second-order valence-electron chi connectivity index (χ2n) is 13.1. The molecule has 0 aromatic rings. The summed E-state index contributed by atoms with van der Waals surface area (Å²) in [4.78, 5) is 20.4. The zero-order valence-corrected chi connectivity index (χ0v) is 34.0. The molecule has 0 heterocycles. The molecule has 0 bridgehead atoms. The Bertz CT molecular complexity index is 494. The Labute approximate surface area is 293 Å². The van der Waals surface area contributed by atoms with Gasteiger partial charge >= 0.3 is 43.9 Å². The van der Waals surface area contributed by atoms with Crippen molar-refractivity contribution in [2.45, 2.75) is 242 Å². The van der Waals surface area contributed by atoms with E-state index in [4.69, 9.17) is 0 Å². The van der Waals surface area contributed by atoms with Gasteiger partial charge in [-0.25, -0.2) is 0 Å². The van der Waals surface area contributed by atoms with Crippen molar-refractivity contribution in [3.63, 3.8) is 0 Å². The summed E-state index contributed by atoms with van der Waals surface area (Å²) in [6.45, 7) is 9.11. The van der Waals surface area contributed by atoms with E-state index in [1.54, 1.807) is 0 Å². The molecule has 0 radical (unpaired) electrons. The first-order chi connectivity index (χ1) is 22.0. The molecule has 0 aliphatic carbocycles. The fourth-order valence-corrected chi connectivity index (χ4v) is 6.96. The van der Waals surface area contributed by atoms with Gasteiger partial charge in [-0.3, -0.25) is 0 Å². The molecule has 0 fully saturated rings. The van der Waals surface area contributed by atoms with Crippen LogP contribution < -0.4 is 10.2 Å². The van der Waals surface area contributed by atoms with Gasteiger partial charge in [0.1, 0.15) is 0 Å². The third-order valence-electron chi connectivity index (χ3n) is 8.47. The van der Waals surface area contributed by atoms with E-state index in [0.29, 0.717) is 0 Å². The maximum atomic E-state index is 10.2. The molecule has 0 amide bonds. The van der Waals surface area contributed by atoms with Crippen LogP contribution in [-0.2, 0) is 9.59 Å². The third kappa shape index (κ3) is 59.7. The van der Waals surface area contributed by atoms with E-state index in [9.17, 15) is 19.8 Å². The fourth-order valence-electron chi connectivity index (χ4n) is 5.53. The number of aliphatic carboxylic acids is 2. The van der Waals surface area contributed by atoms with Gasteiger partial charge in [-0.15, -0.1) is 0 Å². The topological polar surface area (TPSA) is 80.3 Å². The van der Waals surface area contributed by atoms with Gasteiger partial charge < -0.3 is 19.8 Å². The van der Waals surface area contributed by atoms with E-state index >= 15 is 0 Å². The predicted molar refractivity (Wildman–Crippen MR) is 196 cm³/mol. The number of unbranched alkanes of at least 4 members (excludes halogenated alkanes) is 28.